The van der Waals surface area contributed by atoms with Crippen LogP contribution in [0.25, 0.3) is 0 Å². The van der Waals surface area contributed by atoms with Gasteiger partial charge >= 0.3 is 10.1 Å². The molecule has 10 nitrogen and oxygen atoms in total. The van der Waals surface area contributed by atoms with E-state index in [-0.39, 0.29) is 26.4 Å². The Morgan fingerprint density at radius 3 is 2.50 bits per heavy atom. The minimum atomic E-state index is -4.31. The van der Waals surface area contributed by atoms with Gasteiger partial charge in [0.2, 0.25) is 0 Å². The number of methoxy groups -OCH3 is 1. The first-order valence-corrected chi connectivity index (χ1v) is 12.3. The molecule has 3 rings (SSSR count). The number of nitro groups is 1. The van der Waals surface area contributed by atoms with E-state index in [0.717, 1.165) is 6.07 Å². The van der Waals surface area contributed by atoms with E-state index in [1.165, 1.54) is 49.7 Å². The minimum absolute atomic E-state index is 0.0356. The monoisotopic (exact) mass is 611 g/mol. The number of benzene rings is 3. The molecule has 0 aliphatic carbocycles. The van der Waals surface area contributed by atoms with Gasteiger partial charge in [-0.2, -0.15) is 13.5 Å². The lowest BCUT2D eigenvalue weighted by atomic mass is 10.2. The summed E-state index contributed by atoms with van der Waals surface area (Å²) in [6, 6.07) is 13.9. The van der Waals surface area contributed by atoms with E-state index in [2.05, 4.69) is 42.4 Å². The first-order chi connectivity index (χ1) is 16.1. The molecular weight excluding hydrogens is 598 g/mol. The van der Waals surface area contributed by atoms with Crippen LogP contribution >= 0.6 is 31.9 Å². The lowest BCUT2D eigenvalue weighted by molar-refractivity contribution is -0.385. The fourth-order valence-electron chi connectivity index (χ4n) is 2.67. The SMILES string of the molecule is COc1ccc(Br)cc1C(=O)N/N=C\c1ccc(OS(=O)(=O)c2cccc([N+](=O)[O-])c2)c(Br)c1. The minimum Gasteiger partial charge on any atom is -0.496 e. The van der Waals surface area contributed by atoms with Crippen LogP contribution in [0.3, 0.4) is 0 Å². The number of hydrogen-bond acceptors (Lipinski definition) is 8. The second kappa shape index (κ2) is 10.8. The van der Waals surface area contributed by atoms with E-state index in [1.54, 1.807) is 18.2 Å². The third-order valence-corrected chi connectivity index (χ3v) is 6.60. The van der Waals surface area contributed by atoms with Crippen LogP contribution in [0.2, 0.25) is 0 Å². The molecule has 0 unspecified atom stereocenters. The molecule has 0 bridgehead atoms. The highest BCUT2D eigenvalue weighted by atomic mass is 79.9. The van der Waals surface area contributed by atoms with Gasteiger partial charge in [0.1, 0.15) is 10.6 Å². The first-order valence-electron chi connectivity index (χ1n) is 9.26. The zero-order valence-corrected chi connectivity index (χ0v) is 21.3. The van der Waals surface area contributed by atoms with E-state index in [1.807, 2.05) is 0 Å². The quantitative estimate of drug-likeness (QED) is 0.169. The lowest BCUT2D eigenvalue weighted by Crippen LogP contribution is -2.18. The van der Waals surface area contributed by atoms with Gasteiger partial charge in [0.05, 0.1) is 28.3 Å². The molecule has 0 radical (unpaired) electrons. The summed E-state index contributed by atoms with van der Waals surface area (Å²) in [4.78, 5) is 22.2. The van der Waals surface area contributed by atoms with Gasteiger partial charge in [-0.25, -0.2) is 5.43 Å². The molecule has 13 heteroatoms. The number of hydrazone groups is 1. The summed E-state index contributed by atoms with van der Waals surface area (Å²) in [6.45, 7) is 0. The number of amides is 1. The fourth-order valence-corrected chi connectivity index (χ4v) is 4.60. The largest absolute Gasteiger partial charge is 0.496 e. The molecule has 0 heterocycles. The van der Waals surface area contributed by atoms with Crippen molar-refractivity contribution in [3.05, 3.63) is 90.9 Å². The van der Waals surface area contributed by atoms with Gasteiger partial charge in [-0.15, -0.1) is 0 Å². The van der Waals surface area contributed by atoms with Gasteiger partial charge in [0.15, 0.2) is 5.75 Å². The highest BCUT2D eigenvalue weighted by Crippen LogP contribution is 2.29. The van der Waals surface area contributed by atoms with Gasteiger partial charge in [0.25, 0.3) is 11.6 Å². The summed E-state index contributed by atoms with van der Waals surface area (Å²) in [5.41, 5.74) is 2.82. The highest BCUT2D eigenvalue weighted by Gasteiger charge is 2.21. The fraction of sp³-hybridized carbons (Fsp3) is 0.0476. The number of carbonyl (C=O) groups is 1. The van der Waals surface area contributed by atoms with E-state index < -0.39 is 20.9 Å². The molecule has 0 aromatic heterocycles. The van der Waals surface area contributed by atoms with E-state index >= 15 is 0 Å². The van der Waals surface area contributed by atoms with Crippen molar-refractivity contribution in [1.29, 1.82) is 0 Å². The molecular formula is C21H15Br2N3O7S. The van der Waals surface area contributed by atoms with Crippen LogP contribution in [0.5, 0.6) is 11.5 Å². The van der Waals surface area contributed by atoms with Crippen LogP contribution in [-0.2, 0) is 10.1 Å². The molecule has 3 aromatic rings. The molecule has 0 spiro atoms. The Labute approximate surface area is 211 Å². The normalized spacial score (nSPS) is 11.3. The van der Waals surface area contributed by atoms with Gasteiger partial charge in [-0.3, -0.25) is 14.9 Å². The Kier molecular flexibility index (Phi) is 8.02. The standard InChI is InChI=1S/C21H15Br2N3O7S/c1-32-19-8-6-14(22)10-17(19)21(27)25-24-12-13-5-7-20(18(23)9-13)33-34(30,31)16-4-2-3-15(11-16)26(28)29/h2-12H,1H3,(H,25,27)/b24-12-. The summed E-state index contributed by atoms with van der Waals surface area (Å²) < 4.78 is 36.3. The van der Waals surface area contributed by atoms with Crippen molar-refractivity contribution in [2.45, 2.75) is 4.90 Å². The van der Waals surface area contributed by atoms with E-state index in [9.17, 15) is 23.3 Å². The molecule has 0 aliphatic heterocycles. The molecule has 0 saturated carbocycles. The number of non-ortho nitro benzene ring substituents is 1. The predicted octanol–water partition coefficient (Wildman–Crippen LogP) is 4.66. The number of ether oxygens (including phenoxy) is 1. The maximum Gasteiger partial charge on any atom is 0.339 e. The molecule has 0 saturated heterocycles. The number of nitro benzene ring substituents is 1. The summed E-state index contributed by atoms with van der Waals surface area (Å²) >= 11 is 6.52. The Morgan fingerprint density at radius 2 is 1.82 bits per heavy atom. The van der Waals surface area contributed by atoms with E-state index in [0.29, 0.717) is 15.8 Å². The smallest absolute Gasteiger partial charge is 0.339 e. The molecule has 3 aromatic carbocycles. The third kappa shape index (κ3) is 6.18. The average molecular weight is 613 g/mol. The number of halogens is 2. The van der Waals surface area contributed by atoms with Crippen molar-refractivity contribution in [3.8, 4) is 11.5 Å². The zero-order chi connectivity index (χ0) is 24.9. The van der Waals surface area contributed by atoms with Crippen molar-refractivity contribution < 1.29 is 27.1 Å². The third-order valence-electron chi connectivity index (χ3n) is 4.26. The second-order valence-corrected chi connectivity index (χ2v) is 9.84. The molecule has 1 N–H and O–H groups in total. The highest BCUT2D eigenvalue weighted by molar-refractivity contribution is 9.10. The average Bonchev–Trinajstić information content (AvgIpc) is 2.80. The van der Waals surface area contributed by atoms with Crippen molar-refractivity contribution in [2.75, 3.05) is 7.11 Å². The number of rotatable bonds is 8. The molecule has 0 aliphatic rings. The first kappa shape index (κ1) is 25.3. The van der Waals surface area contributed by atoms with Crippen LogP contribution in [0.4, 0.5) is 5.69 Å². The predicted molar refractivity (Wildman–Crippen MR) is 131 cm³/mol. The number of hydrogen-bond donors (Lipinski definition) is 1. The molecule has 1 amide bonds. The molecule has 34 heavy (non-hydrogen) atoms. The Bertz CT molecular complexity index is 1390. The van der Waals surface area contributed by atoms with Crippen molar-refractivity contribution in [2.24, 2.45) is 5.10 Å². The van der Waals surface area contributed by atoms with Crippen molar-refractivity contribution in [1.82, 2.24) is 5.43 Å². The van der Waals surface area contributed by atoms with Crippen molar-refractivity contribution >= 4 is 59.8 Å². The summed E-state index contributed by atoms with van der Waals surface area (Å²) in [5.74, 6) is -0.145. The van der Waals surface area contributed by atoms with Gasteiger partial charge < -0.3 is 8.92 Å². The Balaban J connectivity index is 1.72. The number of carbonyl (C=O) groups excluding carboxylic acids is 1. The summed E-state index contributed by atoms with van der Waals surface area (Å²) in [6.07, 6.45) is 1.35. The van der Waals surface area contributed by atoms with Gasteiger partial charge in [0, 0.05) is 16.6 Å². The lowest BCUT2D eigenvalue weighted by Gasteiger charge is -2.09. The molecule has 0 atom stereocenters. The molecule has 176 valence electrons. The second-order valence-electron chi connectivity index (χ2n) is 6.53. The maximum absolute atomic E-state index is 12.5. The topological polar surface area (TPSA) is 137 Å². The van der Waals surface area contributed by atoms with E-state index in [4.69, 9.17) is 8.92 Å². The van der Waals surface area contributed by atoms with Crippen LogP contribution in [-0.4, -0.2) is 32.6 Å². The molecule has 0 fully saturated rings. The van der Waals surface area contributed by atoms with Crippen LogP contribution < -0.4 is 14.3 Å². The van der Waals surface area contributed by atoms with Crippen LogP contribution in [0.15, 0.2) is 79.6 Å². The summed E-state index contributed by atoms with van der Waals surface area (Å²) in [5, 5.41) is 14.8. The zero-order valence-electron chi connectivity index (χ0n) is 17.3. The Hall–Kier alpha value is -3.29. The van der Waals surface area contributed by atoms with Crippen molar-refractivity contribution in [3.63, 3.8) is 0 Å². The number of nitrogens with zero attached hydrogens (tertiary/aromatic N) is 2. The van der Waals surface area contributed by atoms with Gasteiger partial charge in [-0.1, -0.05) is 22.0 Å². The maximum atomic E-state index is 12.5. The Morgan fingerprint density at radius 1 is 1.09 bits per heavy atom. The number of nitrogens with one attached hydrogen (secondary N) is 1. The van der Waals surface area contributed by atoms with Crippen LogP contribution in [0, 0.1) is 10.1 Å². The van der Waals surface area contributed by atoms with Gasteiger partial charge in [-0.05, 0) is 64.0 Å². The summed E-state index contributed by atoms with van der Waals surface area (Å²) in [7, 11) is -2.87. The van der Waals surface area contributed by atoms with Crippen LogP contribution in [0.1, 0.15) is 15.9 Å².